The second kappa shape index (κ2) is 7.28. The zero-order valence-electron chi connectivity index (χ0n) is 13.3. The van der Waals surface area contributed by atoms with Crippen molar-refractivity contribution in [1.29, 1.82) is 0 Å². The number of benzene rings is 2. The summed E-state index contributed by atoms with van der Waals surface area (Å²) >= 11 is 7.96. The fourth-order valence-corrected chi connectivity index (χ4v) is 3.93. The quantitative estimate of drug-likeness (QED) is 0.450. The Morgan fingerprint density at radius 2 is 1.81 bits per heavy atom. The van der Waals surface area contributed by atoms with E-state index in [2.05, 4.69) is 30.7 Å². The molecule has 26 heavy (non-hydrogen) atoms. The Hall–Kier alpha value is -2.06. The van der Waals surface area contributed by atoms with Gasteiger partial charge in [-0.3, -0.25) is 0 Å². The monoisotopic (exact) mass is 446 g/mol. The highest BCUT2D eigenvalue weighted by Gasteiger charge is 2.12. The van der Waals surface area contributed by atoms with Crippen LogP contribution in [0.5, 0.6) is 0 Å². The Labute approximate surface area is 166 Å². The summed E-state index contributed by atoms with van der Waals surface area (Å²) in [6.45, 7) is 0. The highest BCUT2D eigenvalue weighted by atomic mass is 79.9. The lowest BCUT2D eigenvalue weighted by Gasteiger charge is -2.12. The van der Waals surface area contributed by atoms with E-state index in [1.54, 1.807) is 28.8 Å². The molecule has 1 unspecified atom stereocenters. The standard InChI is InChI=1S/C18H12BrClN4OS/c19-13-9-17-18(21-11-22-24(17)10-13)12-1-5-15(6-2-12)23-26(25)16-7-3-14(20)4-8-16/h1-11,23H. The van der Waals surface area contributed by atoms with Crippen LogP contribution in [0.3, 0.4) is 0 Å². The van der Waals surface area contributed by atoms with Crippen LogP contribution in [0.15, 0.2) is 76.5 Å². The first-order valence-corrected chi connectivity index (χ1v) is 9.95. The van der Waals surface area contributed by atoms with E-state index in [0.29, 0.717) is 9.92 Å². The number of anilines is 1. The molecule has 0 fully saturated rings. The average molecular weight is 448 g/mol. The van der Waals surface area contributed by atoms with Gasteiger partial charge in [-0.05, 0) is 58.4 Å². The van der Waals surface area contributed by atoms with E-state index >= 15 is 0 Å². The van der Waals surface area contributed by atoms with E-state index in [-0.39, 0.29) is 0 Å². The van der Waals surface area contributed by atoms with Crippen molar-refractivity contribution in [2.24, 2.45) is 0 Å². The lowest BCUT2D eigenvalue weighted by Crippen LogP contribution is -2.12. The van der Waals surface area contributed by atoms with Gasteiger partial charge in [0.15, 0.2) is 4.90 Å². The van der Waals surface area contributed by atoms with Crippen molar-refractivity contribution in [2.45, 2.75) is 4.90 Å². The molecule has 1 atom stereocenters. The first-order chi connectivity index (χ1) is 12.6. The molecule has 1 N–H and O–H groups in total. The zero-order valence-corrected chi connectivity index (χ0v) is 16.4. The summed E-state index contributed by atoms with van der Waals surface area (Å²) in [5, 5.41) is 4.81. The maximum Gasteiger partial charge on any atom is 0.180 e. The largest absolute Gasteiger partial charge is 0.588 e. The van der Waals surface area contributed by atoms with Crippen molar-refractivity contribution in [2.75, 3.05) is 4.72 Å². The molecule has 2 aromatic carbocycles. The smallest absolute Gasteiger partial charge is 0.180 e. The molecule has 0 spiro atoms. The predicted octanol–water partition coefficient (Wildman–Crippen LogP) is 4.95. The maximum atomic E-state index is 12.4. The molecule has 0 saturated carbocycles. The van der Waals surface area contributed by atoms with Crippen molar-refractivity contribution in [3.63, 3.8) is 0 Å². The number of halogens is 2. The van der Waals surface area contributed by atoms with Crippen LogP contribution in [0.2, 0.25) is 5.02 Å². The van der Waals surface area contributed by atoms with Crippen molar-refractivity contribution >= 4 is 50.1 Å². The lowest BCUT2D eigenvalue weighted by molar-refractivity contribution is 0.600. The molecule has 4 rings (SSSR count). The predicted molar refractivity (Wildman–Crippen MR) is 108 cm³/mol. The molecule has 130 valence electrons. The molecule has 8 heteroatoms. The first-order valence-electron chi connectivity index (χ1n) is 7.63. The number of hydrogen-bond donors (Lipinski definition) is 1. The van der Waals surface area contributed by atoms with Gasteiger partial charge >= 0.3 is 0 Å². The van der Waals surface area contributed by atoms with Gasteiger partial charge in [0, 0.05) is 21.3 Å². The molecule has 0 bridgehead atoms. The van der Waals surface area contributed by atoms with Crippen molar-refractivity contribution < 1.29 is 4.55 Å². The first kappa shape index (κ1) is 17.4. The Kier molecular flexibility index (Phi) is 4.86. The second-order valence-electron chi connectivity index (χ2n) is 5.50. The van der Waals surface area contributed by atoms with E-state index in [4.69, 9.17) is 11.6 Å². The molecule has 5 nitrogen and oxygen atoms in total. The van der Waals surface area contributed by atoms with Gasteiger partial charge in [-0.2, -0.15) is 5.10 Å². The topological polar surface area (TPSA) is 65.3 Å². The molecule has 0 aliphatic carbocycles. The van der Waals surface area contributed by atoms with Gasteiger partial charge in [-0.1, -0.05) is 23.7 Å². The number of nitrogens with zero attached hydrogens (tertiary/aromatic N) is 3. The Balaban J connectivity index is 1.57. The van der Waals surface area contributed by atoms with E-state index in [9.17, 15) is 4.55 Å². The summed E-state index contributed by atoms with van der Waals surface area (Å²) in [4.78, 5) is 5.05. The van der Waals surface area contributed by atoms with Gasteiger partial charge in [-0.25, -0.2) is 14.2 Å². The van der Waals surface area contributed by atoms with Crippen LogP contribution in [0.25, 0.3) is 16.8 Å². The molecule has 0 amide bonds. The Morgan fingerprint density at radius 1 is 1.08 bits per heavy atom. The zero-order chi connectivity index (χ0) is 18.1. The molecule has 0 aliphatic rings. The van der Waals surface area contributed by atoms with Crippen LogP contribution in [0.1, 0.15) is 0 Å². The molecule has 0 aliphatic heterocycles. The van der Waals surface area contributed by atoms with Crippen LogP contribution < -0.4 is 4.72 Å². The fraction of sp³-hybridized carbons (Fsp3) is 0. The maximum absolute atomic E-state index is 12.4. The third kappa shape index (κ3) is 3.57. The third-order valence-corrected chi connectivity index (χ3v) is 5.58. The average Bonchev–Trinajstić information content (AvgIpc) is 3.03. The Bertz CT molecular complexity index is 1050. The van der Waals surface area contributed by atoms with E-state index < -0.39 is 11.4 Å². The van der Waals surface area contributed by atoms with Gasteiger partial charge < -0.3 is 4.55 Å². The Morgan fingerprint density at radius 3 is 2.54 bits per heavy atom. The number of nitrogens with one attached hydrogen (secondary N) is 1. The van der Waals surface area contributed by atoms with Crippen LogP contribution in [-0.2, 0) is 11.4 Å². The molecule has 0 saturated heterocycles. The fourth-order valence-electron chi connectivity index (χ4n) is 2.54. The normalized spacial score (nSPS) is 12.3. The number of fused-ring (bicyclic) bond motifs is 1. The van der Waals surface area contributed by atoms with E-state index in [0.717, 1.165) is 26.9 Å². The van der Waals surface area contributed by atoms with Gasteiger partial charge in [0.25, 0.3) is 0 Å². The number of hydrogen-bond acceptors (Lipinski definition) is 4. The summed E-state index contributed by atoms with van der Waals surface area (Å²) in [5.74, 6) is 0. The van der Waals surface area contributed by atoms with Gasteiger partial charge in [0.2, 0.25) is 0 Å². The van der Waals surface area contributed by atoms with E-state index in [1.165, 1.54) is 6.33 Å². The minimum absolute atomic E-state index is 0.614. The molecular weight excluding hydrogens is 436 g/mol. The molecule has 2 aromatic heterocycles. The summed E-state index contributed by atoms with van der Waals surface area (Å²) in [6, 6.07) is 16.5. The van der Waals surface area contributed by atoms with Gasteiger partial charge in [0.05, 0.1) is 16.9 Å². The third-order valence-electron chi connectivity index (χ3n) is 3.77. The van der Waals surface area contributed by atoms with Crippen LogP contribution in [0.4, 0.5) is 5.69 Å². The summed E-state index contributed by atoms with van der Waals surface area (Å²) in [6.07, 6.45) is 3.40. The molecular formula is C18H12BrClN4OS. The number of aromatic nitrogens is 3. The number of rotatable bonds is 4. The minimum Gasteiger partial charge on any atom is -0.588 e. The van der Waals surface area contributed by atoms with Crippen molar-refractivity contribution in [3.05, 3.63) is 76.6 Å². The molecule has 2 heterocycles. The lowest BCUT2D eigenvalue weighted by atomic mass is 10.1. The second-order valence-corrected chi connectivity index (χ2v) is 8.06. The van der Waals surface area contributed by atoms with Crippen molar-refractivity contribution in [3.8, 4) is 11.3 Å². The highest BCUT2D eigenvalue weighted by Crippen LogP contribution is 2.27. The molecule has 0 radical (unpaired) electrons. The summed E-state index contributed by atoms with van der Waals surface area (Å²) in [5.41, 5.74) is 3.44. The highest BCUT2D eigenvalue weighted by molar-refractivity contribution is 9.10. The SMILES string of the molecule is [O-][S+](Nc1ccc(-c2ncnn3cc(Br)cc23)cc1)c1ccc(Cl)cc1. The van der Waals surface area contributed by atoms with Gasteiger partial charge in [0.1, 0.15) is 17.7 Å². The van der Waals surface area contributed by atoms with Gasteiger partial charge in [-0.15, -0.1) is 0 Å². The van der Waals surface area contributed by atoms with E-state index in [1.807, 2.05) is 36.5 Å². The van der Waals surface area contributed by atoms with Crippen LogP contribution >= 0.6 is 27.5 Å². The van der Waals surface area contributed by atoms with Crippen LogP contribution in [0, 0.1) is 0 Å². The van der Waals surface area contributed by atoms with Crippen LogP contribution in [-0.4, -0.2) is 19.2 Å². The van der Waals surface area contributed by atoms with Crippen molar-refractivity contribution in [1.82, 2.24) is 14.6 Å². The minimum atomic E-state index is -1.36. The summed E-state index contributed by atoms with van der Waals surface area (Å²) in [7, 11) is 0. The summed E-state index contributed by atoms with van der Waals surface area (Å²) < 4.78 is 18.1. The molecule has 4 aromatic rings.